The van der Waals surface area contributed by atoms with E-state index in [-0.39, 0.29) is 17.7 Å². The minimum atomic E-state index is -0.813. The van der Waals surface area contributed by atoms with Crippen LogP contribution < -0.4 is 34.0 Å². The Morgan fingerprint density at radius 1 is 1.07 bits per heavy atom. The highest BCUT2D eigenvalue weighted by Gasteiger charge is 2.35. The van der Waals surface area contributed by atoms with Crippen LogP contribution in [0.1, 0.15) is 44.9 Å². The smallest absolute Gasteiger partial charge is 0.338 e. The molecule has 2 aromatic carbocycles. The van der Waals surface area contributed by atoms with Crippen molar-refractivity contribution in [3.8, 4) is 17.2 Å². The van der Waals surface area contributed by atoms with Crippen molar-refractivity contribution in [1.29, 1.82) is 0 Å². The van der Waals surface area contributed by atoms with Crippen molar-refractivity contribution in [2.24, 2.45) is 4.99 Å². The quantitative estimate of drug-likeness (QED) is 0.302. The number of allylic oxidation sites excluding steroid dienone is 1. The zero-order chi connectivity index (χ0) is 29.8. The fraction of sp³-hybridized carbons (Fsp3) is 0.367. The van der Waals surface area contributed by atoms with Crippen LogP contribution in [0, 0.1) is 0 Å². The topological polar surface area (TPSA) is 91.6 Å². The summed E-state index contributed by atoms with van der Waals surface area (Å²) in [6.07, 6.45) is 1.80. The van der Waals surface area contributed by atoms with Crippen molar-refractivity contribution in [3.05, 3.63) is 76.9 Å². The average Bonchev–Trinajstić information content (AvgIpc) is 3.27. The second-order valence-corrected chi connectivity index (χ2v) is 11.0. The predicted molar refractivity (Wildman–Crippen MR) is 164 cm³/mol. The molecule has 0 saturated carbocycles. The van der Waals surface area contributed by atoms with Crippen molar-refractivity contribution < 1.29 is 23.7 Å². The van der Waals surface area contributed by atoms with Crippen LogP contribution in [0.2, 0.25) is 0 Å². The number of halogens is 1. The lowest BCUT2D eigenvalue weighted by molar-refractivity contribution is -0.139. The van der Waals surface area contributed by atoms with Gasteiger partial charge in [0.25, 0.3) is 5.56 Å². The maximum absolute atomic E-state index is 14.1. The number of nitrogens with zero attached hydrogens (tertiary/aromatic N) is 3. The van der Waals surface area contributed by atoms with Crippen LogP contribution in [0.25, 0.3) is 6.08 Å². The van der Waals surface area contributed by atoms with Crippen LogP contribution in [0.3, 0.4) is 0 Å². The number of benzene rings is 2. The summed E-state index contributed by atoms with van der Waals surface area (Å²) in [5.74, 6) is 1.15. The third kappa shape index (κ3) is 5.78. The lowest BCUT2D eigenvalue weighted by Gasteiger charge is -2.26. The van der Waals surface area contributed by atoms with Crippen molar-refractivity contribution in [2.45, 2.75) is 33.7 Å². The molecule has 0 radical (unpaired) electrons. The van der Waals surface area contributed by atoms with Gasteiger partial charge in [0.2, 0.25) is 0 Å². The number of hydrogen-bond donors (Lipinski definition) is 0. The Hall–Kier alpha value is -3.57. The van der Waals surface area contributed by atoms with Gasteiger partial charge in [-0.05, 0) is 67.9 Å². The van der Waals surface area contributed by atoms with Gasteiger partial charge in [-0.2, -0.15) is 0 Å². The Labute approximate surface area is 251 Å². The molecule has 0 amide bonds. The molecule has 41 heavy (non-hydrogen) atoms. The number of carbonyl (C=O) groups excluding carboxylic acids is 1. The summed E-state index contributed by atoms with van der Waals surface area (Å²) in [5, 5.41) is 0. The molecule has 1 aromatic heterocycles. The Kier molecular flexibility index (Phi) is 9.60. The van der Waals surface area contributed by atoms with Gasteiger partial charge in [-0.1, -0.05) is 11.3 Å². The van der Waals surface area contributed by atoms with Crippen molar-refractivity contribution in [2.75, 3.05) is 45.9 Å². The van der Waals surface area contributed by atoms with E-state index in [9.17, 15) is 9.59 Å². The number of rotatable bonds is 10. The summed E-state index contributed by atoms with van der Waals surface area (Å²) < 4.78 is 25.1. The molecule has 0 saturated heterocycles. The number of methoxy groups -OCH3 is 3. The van der Waals surface area contributed by atoms with E-state index >= 15 is 0 Å². The van der Waals surface area contributed by atoms with E-state index in [0.717, 1.165) is 28.8 Å². The van der Waals surface area contributed by atoms with Crippen LogP contribution >= 0.6 is 27.3 Å². The summed E-state index contributed by atoms with van der Waals surface area (Å²) in [6, 6.07) is 8.39. The van der Waals surface area contributed by atoms with Gasteiger partial charge >= 0.3 is 5.97 Å². The summed E-state index contributed by atoms with van der Waals surface area (Å²) in [4.78, 5) is 34.7. The highest BCUT2D eigenvalue weighted by Crippen LogP contribution is 2.38. The minimum Gasteiger partial charge on any atom is -0.497 e. The lowest BCUT2D eigenvalue weighted by atomic mass is 9.95. The summed E-state index contributed by atoms with van der Waals surface area (Å²) in [7, 11) is 4.71. The van der Waals surface area contributed by atoms with Gasteiger partial charge in [-0.3, -0.25) is 9.36 Å². The molecule has 0 aliphatic carbocycles. The van der Waals surface area contributed by atoms with E-state index in [1.54, 1.807) is 52.3 Å². The fourth-order valence-electron chi connectivity index (χ4n) is 4.93. The number of esters is 1. The Morgan fingerprint density at radius 2 is 1.78 bits per heavy atom. The van der Waals surface area contributed by atoms with Crippen LogP contribution in [0.4, 0.5) is 5.69 Å². The first-order valence-electron chi connectivity index (χ1n) is 13.3. The second kappa shape index (κ2) is 12.9. The number of fused-ring (bicyclic) bond motifs is 1. The molecule has 218 valence electrons. The molecule has 0 spiro atoms. The molecule has 1 aliphatic rings. The largest absolute Gasteiger partial charge is 0.497 e. The summed E-state index contributed by atoms with van der Waals surface area (Å²) in [6.45, 7) is 9.54. The minimum absolute atomic E-state index is 0.185. The molecule has 0 fully saturated rings. The van der Waals surface area contributed by atoms with Crippen LogP contribution in [0.15, 0.2) is 55.9 Å². The fourth-order valence-corrected chi connectivity index (χ4v) is 6.57. The highest BCUT2D eigenvalue weighted by molar-refractivity contribution is 9.10. The number of aromatic nitrogens is 1. The van der Waals surface area contributed by atoms with Gasteiger partial charge in [0.1, 0.15) is 23.3 Å². The number of thiazole rings is 1. The molecular formula is C30H34BrN3O6S. The molecule has 1 aliphatic heterocycles. The average molecular weight is 645 g/mol. The summed E-state index contributed by atoms with van der Waals surface area (Å²) >= 11 is 4.94. The van der Waals surface area contributed by atoms with E-state index in [2.05, 4.69) is 39.7 Å². The van der Waals surface area contributed by atoms with Gasteiger partial charge in [0.15, 0.2) is 4.80 Å². The van der Waals surface area contributed by atoms with Gasteiger partial charge in [0, 0.05) is 40.8 Å². The summed E-state index contributed by atoms with van der Waals surface area (Å²) in [5.41, 5.74) is 2.81. The highest BCUT2D eigenvalue weighted by atomic mass is 79.9. The molecule has 9 nitrogen and oxygen atoms in total. The maximum Gasteiger partial charge on any atom is 0.338 e. The van der Waals surface area contributed by atoms with Crippen molar-refractivity contribution in [1.82, 2.24) is 4.57 Å². The zero-order valence-corrected chi connectivity index (χ0v) is 26.6. The number of anilines is 1. The Balaban J connectivity index is 1.97. The normalized spacial score (nSPS) is 14.8. The zero-order valence-electron chi connectivity index (χ0n) is 24.2. The van der Waals surface area contributed by atoms with Gasteiger partial charge < -0.3 is 23.8 Å². The molecule has 0 N–H and O–H groups in total. The third-order valence-corrected chi connectivity index (χ3v) is 8.56. The van der Waals surface area contributed by atoms with E-state index in [4.69, 9.17) is 18.9 Å². The van der Waals surface area contributed by atoms with Crippen LogP contribution in [-0.4, -0.2) is 51.6 Å². The number of ether oxygens (including phenoxy) is 4. The molecule has 3 aromatic rings. The maximum atomic E-state index is 14.1. The predicted octanol–water partition coefficient (Wildman–Crippen LogP) is 4.43. The monoisotopic (exact) mass is 643 g/mol. The van der Waals surface area contributed by atoms with Gasteiger partial charge in [-0.25, -0.2) is 9.79 Å². The first kappa shape index (κ1) is 30.4. The standard InChI is InChI=1S/C30H34BrN3O6S/c1-8-33(9-2)22-16-23(38-6)18(13-21(22)31)14-25-28(35)34-27(20-12-11-19(37-5)15-24(20)39-7)26(29(36)40-10-3)17(4)32-30(34)41-25/h11-16,27H,8-10H2,1-7H3/b25-14+. The second-order valence-electron chi connectivity index (χ2n) is 9.13. The molecule has 4 rings (SSSR count). The Bertz CT molecular complexity index is 1670. The van der Waals surface area contributed by atoms with Crippen LogP contribution in [-0.2, 0) is 9.53 Å². The third-order valence-electron chi connectivity index (χ3n) is 6.94. The number of carbonyl (C=O) groups is 1. The Morgan fingerprint density at radius 3 is 2.39 bits per heavy atom. The number of hydrogen-bond acceptors (Lipinski definition) is 9. The first-order chi connectivity index (χ1) is 19.7. The van der Waals surface area contributed by atoms with E-state index in [0.29, 0.717) is 37.8 Å². The van der Waals surface area contributed by atoms with E-state index in [1.807, 2.05) is 12.1 Å². The SMILES string of the molecule is CCOC(=O)C1=C(C)N=c2s/c(=C/c3cc(Br)c(N(CC)CC)cc3OC)c(=O)n2C1c1ccc(OC)cc1OC. The molecule has 11 heteroatoms. The molecule has 1 atom stereocenters. The van der Waals surface area contributed by atoms with Crippen molar-refractivity contribution >= 4 is 45.0 Å². The molecular weight excluding hydrogens is 610 g/mol. The molecule has 0 bridgehead atoms. The molecule has 1 unspecified atom stereocenters. The van der Waals surface area contributed by atoms with Gasteiger partial charge in [0.05, 0.1) is 49.4 Å². The lowest BCUT2D eigenvalue weighted by Crippen LogP contribution is -2.40. The van der Waals surface area contributed by atoms with Crippen molar-refractivity contribution in [3.63, 3.8) is 0 Å². The first-order valence-corrected chi connectivity index (χ1v) is 14.9. The van der Waals surface area contributed by atoms with E-state index < -0.39 is 12.0 Å². The van der Waals surface area contributed by atoms with Crippen LogP contribution in [0.5, 0.6) is 17.2 Å². The molecule has 2 heterocycles. The van der Waals surface area contributed by atoms with Gasteiger partial charge in [-0.15, -0.1) is 0 Å². The van der Waals surface area contributed by atoms with E-state index in [1.165, 1.54) is 23.0 Å².